The number of nitrogens with zero attached hydrogens (tertiary/aromatic N) is 4. The van der Waals surface area contributed by atoms with E-state index in [-0.39, 0.29) is 5.91 Å². The van der Waals surface area contributed by atoms with E-state index < -0.39 is 0 Å². The van der Waals surface area contributed by atoms with Gasteiger partial charge in [-0.2, -0.15) is 0 Å². The predicted molar refractivity (Wildman–Crippen MR) is 104 cm³/mol. The minimum atomic E-state index is -0.210. The summed E-state index contributed by atoms with van der Waals surface area (Å²) in [4.78, 5) is 24.7. The molecule has 2 N–H and O–H groups in total. The number of carbonyl (C=O) groups excluding carboxylic acids is 1. The minimum Gasteiger partial charge on any atom is -0.347 e. The third-order valence-electron chi connectivity index (χ3n) is 3.83. The molecule has 0 aliphatic heterocycles. The third-order valence-corrected chi connectivity index (χ3v) is 4.59. The van der Waals surface area contributed by atoms with E-state index in [0.29, 0.717) is 17.4 Å². The van der Waals surface area contributed by atoms with Crippen molar-refractivity contribution in [3.8, 4) is 5.69 Å². The second kappa shape index (κ2) is 7.79. The minimum absolute atomic E-state index is 0.210. The molecule has 0 aliphatic carbocycles. The van der Waals surface area contributed by atoms with Crippen LogP contribution in [0.25, 0.3) is 5.69 Å². The van der Waals surface area contributed by atoms with E-state index in [0.717, 1.165) is 16.9 Å². The van der Waals surface area contributed by atoms with Gasteiger partial charge < -0.3 is 15.2 Å². The molecule has 0 bridgehead atoms. The van der Waals surface area contributed by atoms with Crippen molar-refractivity contribution in [3.05, 3.63) is 84.2 Å². The molecule has 0 aliphatic rings. The molecule has 8 heteroatoms. The summed E-state index contributed by atoms with van der Waals surface area (Å²) < 4.78 is 1.93. The van der Waals surface area contributed by atoms with Gasteiger partial charge in [0.2, 0.25) is 0 Å². The average Bonchev–Trinajstić information content (AvgIpc) is 3.40. The standard InChI is InChI=1S/C19H16N6OS/c26-18(22-11-14-2-1-7-20-10-14)17-12-27-19(24-17)23-15-3-5-16(6-4-15)25-9-8-21-13-25/h1-10,12-13H,11H2,(H,22,26)(H,23,24). The molecule has 0 saturated carbocycles. The smallest absolute Gasteiger partial charge is 0.271 e. The van der Waals surface area contributed by atoms with E-state index in [4.69, 9.17) is 0 Å². The van der Waals surface area contributed by atoms with Gasteiger partial charge in [0.05, 0.1) is 6.33 Å². The highest BCUT2D eigenvalue weighted by molar-refractivity contribution is 7.14. The molecule has 4 rings (SSSR count). The van der Waals surface area contributed by atoms with Crippen molar-refractivity contribution in [1.29, 1.82) is 0 Å². The Bertz CT molecular complexity index is 1010. The number of amides is 1. The summed E-state index contributed by atoms with van der Waals surface area (Å²) in [6.45, 7) is 0.419. The first-order chi connectivity index (χ1) is 13.3. The van der Waals surface area contributed by atoms with Crippen LogP contribution in [0.3, 0.4) is 0 Å². The summed E-state index contributed by atoms with van der Waals surface area (Å²) >= 11 is 1.39. The number of hydrogen-bond donors (Lipinski definition) is 2. The molecule has 7 nitrogen and oxygen atoms in total. The number of anilines is 2. The van der Waals surface area contributed by atoms with Crippen molar-refractivity contribution in [3.63, 3.8) is 0 Å². The van der Waals surface area contributed by atoms with Gasteiger partial charge in [-0.15, -0.1) is 11.3 Å². The Kier molecular flexibility index (Phi) is 4.88. The lowest BCUT2D eigenvalue weighted by atomic mass is 10.3. The summed E-state index contributed by atoms with van der Waals surface area (Å²) in [5.74, 6) is -0.210. The fourth-order valence-corrected chi connectivity index (χ4v) is 3.17. The van der Waals surface area contributed by atoms with Crippen LogP contribution in [0.5, 0.6) is 0 Å². The van der Waals surface area contributed by atoms with Crippen molar-refractivity contribution >= 4 is 28.1 Å². The summed E-state index contributed by atoms with van der Waals surface area (Å²) in [6, 6.07) is 11.6. The molecule has 1 amide bonds. The Hall–Kier alpha value is -3.52. The van der Waals surface area contributed by atoms with Crippen LogP contribution in [-0.4, -0.2) is 25.4 Å². The Morgan fingerprint density at radius 1 is 1.11 bits per heavy atom. The number of imidazole rings is 1. The summed E-state index contributed by atoms with van der Waals surface area (Å²) in [7, 11) is 0. The zero-order valence-corrected chi connectivity index (χ0v) is 15.1. The van der Waals surface area contributed by atoms with Gasteiger partial charge in [-0.3, -0.25) is 9.78 Å². The number of thiazole rings is 1. The van der Waals surface area contributed by atoms with Crippen LogP contribution in [0.15, 0.2) is 72.9 Å². The van der Waals surface area contributed by atoms with E-state index >= 15 is 0 Å². The largest absolute Gasteiger partial charge is 0.347 e. The van der Waals surface area contributed by atoms with Crippen LogP contribution < -0.4 is 10.6 Å². The maximum atomic E-state index is 12.2. The molecule has 134 valence electrons. The SMILES string of the molecule is O=C(NCc1cccnc1)c1csc(Nc2ccc(-n3ccnc3)cc2)n1. The lowest BCUT2D eigenvalue weighted by molar-refractivity contribution is 0.0946. The summed E-state index contributed by atoms with van der Waals surface area (Å²) in [6.07, 6.45) is 8.80. The fourth-order valence-electron chi connectivity index (χ4n) is 2.46. The van der Waals surface area contributed by atoms with Crippen molar-refractivity contribution in [2.24, 2.45) is 0 Å². The van der Waals surface area contributed by atoms with Gasteiger partial charge in [0.1, 0.15) is 5.69 Å². The molecule has 0 atom stereocenters. The lowest BCUT2D eigenvalue weighted by Gasteiger charge is -2.05. The Morgan fingerprint density at radius 2 is 2.00 bits per heavy atom. The van der Waals surface area contributed by atoms with E-state index in [9.17, 15) is 4.79 Å². The molecule has 27 heavy (non-hydrogen) atoms. The quantitative estimate of drug-likeness (QED) is 0.539. The number of pyridine rings is 1. The van der Waals surface area contributed by atoms with Gasteiger partial charge in [-0.05, 0) is 35.9 Å². The number of benzene rings is 1. The molecule has 0 radical (unpaired) electrons. The molecule has 0 unspecified atom stereocenters. The van der Waals surface area contributed by atoms with Gasteiger partial charge in [0.15, 0.2) is 5.13 Å². The van der Waals surface area contributed by atoms with E-state index in [1.807, 2.05) is 47.2 Å². The van der Waals surface area contributed by atoms with Gasteiger partial charge in [0.25, 0.3) is 5.91 Å². The van der Waals surface area contributed by atoms with Crippen molar-refractivity contribution in [2.45, 2.75) is 6.54 Å². The van der Waals surface area contributed by atoms with Crippen LogP contribution in [0, 0.1) is 0 Å². The Morgan fingerprint density at radius 3 is 2.74 bits per heavy atom. The zero-order chi connectivity index (χ0) is 18.5. The second-order valence-electron chi connectivity index (χ2n) is 5.72. The molecular weight excluding hydrogens is 360 g/mol. The van der Waals surface area contributed by atoms with Gasteiger partial charge in [0, 0.05) is 48.1 Å². The van der Waals surface area contributed by atoms with Crippen LogP contribution in [0.1, 0.15) is 16.1 Å². The number of aromatic nitrogens is 4. The molecule has 3 heterocycles. The molecule has 0 fully saturated rings. The van der Waals surface area contributed by atoms with Gasteiger partial charge in [-0.1, -0.05) is 6.07 Å². The molecule has 1 aromatic carbocycles. The van der Waals surface area contributed by atoms with Crippen LogP contribution in [0.2, 0.25) is 0 Å². The van der Waals surface area contributed by atoms with Crippen LogP contribution >= 0.6 is 11.3 Å². The number of nitrogens with one attached hydrogen (secondary N) is 2. The van der Waals surface area contributed by atoms with Crippen molar-refractivity contribution < 1.29 is 4.79 Å². The van der Waals surface area contributed by atoms with Gasteiger partial charge >= 0.3 is 0 Å². The molecule has 0 saturated heterocycles. The molecular formula is C19H16N6OS. The van der Waals surface area contributed by atoms with E-state index in [2.05, 4.69) is 25.6 Å². The third kappa shape index (κ3) is 4.18. The Labute approximate surface area is 159 Å². The summed E-state index contributed by atoms with van der Waals surface area (Å²) in [5.41, 5.74) is 3.25. The average molecular weight is 376 g/mol. The van der Waals surface area contributed by atoms with E-state index in [1.54, 1.807) is 30.3 Å². The fraction of sp³-hybridized carbons (Fsp3) is 0.0526. The number of carbonyl (C=O) groups is 1. The zero-order valence-electron chi connectivity index (χ0n) is 14.2. The molecule has 4 aromatic rings. The lowest BCUT2D eigenvalue weighted by Crippen LogP contribution is -2.23. The van der Waals surface area contributed by atoms with Crippen molar-refractivity contribution in [1.82, 2.24) is 24.8 Å². The van der Waals surface area contributed by atoms with E-state index in [1.165, 1.54) is 11.3 Å². The summed E-state index contributed by atoms with van der Waals surface area (Å²) in [5, 5.41) is 8.46. The monoisotopic (exact) mass is 376 g/mol. The first-order valence-electron chi connectivity index (χ1n) is 8.26. The van der Waals surface area contributed by atoms with Gasteiger partial charge in [-0.25, -0.2) is 9.97 Å². The first kappa shape index (κ1) is 16.9. The Balaban J connectivity index is 1.37. The number of rotatable bonds is 6. The topological polar surface area (TPSA) is 84.7 Å². The molecule has 3 aromatic heterocycles. The normalized spacial score (nSPS) is 10.5. The maximum absolute atomic E-state index is 12.2. The second-order valence-corrected chi connectivity index (χ2v) is 6.58. The maximum Gasteiger partial charge on any atom is 0.271 e. The molecule has 0 spiro atoms. The highest BCUT2D eigenvalue weighted by Crippen LogP contribution is 2.22. The highest BCUT2D eigenvalue weighted by Gasteiger charge is 2.11. The van der Waals surface area contributed by atoms with Crippen LogP contribution in [0.4, 0.5) is 10.8 Å². The predicted octanol–water partition coefficient (Wildman–Crippen LogP) is 3.40. The number of hydrogen-bond acceptors (Lipinski definition) is 6. The highest BCUT2D eigenvalue weighted by atomic mass is 32.1. The van der Waals surface area contributed by atoms with Crippen LogP contribution in [-0.2, 0) is 6.54 Å². The van der Waals surface area contributed by atoms with Crippen molar-refractivity contribution in [2.75, 3.05) is 5.32 Å². The first-order valence-corrected chi connectivity index (χ1v) is 9.14.